The van der Waals surface area contributed by atoms with Gasteiger partial charge >= 0.3 is 5.97 Å². The summed E-state index contributed by atoms with van der Waals surface area (Å²) in [5.74, 6) is -1.03. The van der Waals surface area contributed by atoms with Gasteiger partial charge in [0.15, 0.2) is 0 Å². The molecule has 0 aliphatic heterocycles. The molecule has 0 aliphatic rings. The zero-order valence-corrected chi connectivity index (χ0v) is 8.12. The van der Waals surface area contributed by atoms with Crippen LogP contribution in [0.5, 0.6) is 0 Å². The van der Waals surface area contributed by atoms with Crippen molar-refractivity contribution in [1.82, 2.24) is 9.55 Å². The highest BCUT2D eigenvalue weighted by Crippen LogP contribution is 2.27. The molecule has 0 saturated heterocycles. The van der Waals surface area contributed by atoms with Gasteiger partial charge in [0.1, 0.15) is 16.4 Å². The Hall–Kier alpha value is -1.55. The van der Waals surface area contributed by atoms with Gasteiger partial charge in [-0.1, -0.05) is 11.6 Å². The molecule has 2 aromatic heterocycles. The fourth-order valence-electron chi connectivity index (χ4n) is 1.43. The largest absolute Gasteiger partial charge is 0.478 e. The normalized spacial score (nSPS) is 10.7. The summed E-state index contributed by atoms with van der Waals surface area (Å²) in [6, 6.07) is 3.38. The second kappa shape index (κ2) is 2.99. The van der Waals surface area contributed by atoms with E-state index in [1.54, 1.807) is 29.9 Å². The van der Waals surface area contributed by atoms with Gasteiger partial charge in [-0.2, -0.15) is 0 Å². The first kappa shape index (κ1) is 9.02. The van der Waals surface area contributed by atoms with Crippen molar-refractivity contribution in [3.05, 3.63) is 29.0 Å². The number of hydrogen-bond donors (Lipinski definition) is 1. The summed E-state index contributed by atoms with van der Waals surface area (Å²) in [5, 5.41) is 9.71. The molecule has 4 nitrogen and oxygen atoms in total. The summed E-state index contributed by atoms with van der Waals surface area (Å²) in [7, 11) is 1.68. The second-order valence-electron chi connectivity index (χ2n) is 2.90. The average molecular weight is 211 g/mol. The molecule has 0 bridgehead atoms. The number of carboxylic acids is 1. The summed E-state index contributed by atoms with van der Waals surface area (Å²) in [6.07, 6.45) is 1.60. The minimum Gasteiger partial charge on any atom is -0.478 e. The molecule has 2 heterocycles. The average Bonchev–Trinajstić information content (AvgIpc) is 2.41. The highest BCUT2D eigenvalue weighted by Gasteiger charge is 2.19. The van der Waals surface area contributed by atoms with Gasteiger partial charge in [0, 0.05) is 18.6 Å². The number of fused-ring (bicyclic) bond motifs is 1. The van der Waals surface area contributed by atoms with Gasteiger partial charge in [0.2, 0.25) is 0 Å². The lowest BCUT2D eigenvalue weighted by molar-refractivity contribution is 0.0699. The van der Waals surface area contributed by atoms with Crippen LogP contribution in [-0.2, 0) is 7.05 Å². The summed E-state index contributed by atoms with van der Waals surface area (Å²) < 4.78 is 1.56. The molecule has 14 heavy (non-hydrogen) atoms. The Labute approximate surface area is 84.7 Å². The smallest absolute Gasteiger partial charge is 0.339 e. The molecule has 1 N–H and O–H groups in total. The summed E-state index contributed by atoms with van der Waals surface area (Å²) in [5.41, 5.74) is 0.687. The van der Waals surface area contributed by atoms with Crippen molar-refractivity contribution < 1.29 is 9.90 Å². The molecule has 0 unspecified atom stereocenters. The van der Waals surface area contributed by atoms with Gasteiger partial charge in [-0.25, -0.2) is 9.78 Å². The Balaban J connectivity index is 2.95. The minimum atomic E-state index is -1.03. The zero-order chi connectivity index (χ0) is 10.3. The van der Waals surface area contributed by atoms with Crippen LogP contribution in [-0.4, -0.2) is 20.6 Å². The highest BCUT2D eigenvalue weighted by atomic mass is 35.5. The Morgan fingerprint density at radius 2 is 2.36 bits per heavy atom. The third-order valence-corrected chi connectivity index (χ3v) is 2.53. The monoisotopic (exact) mass is 210 g/mol. The predicted molar refractivity (Wildman–Crippen MR) is 52.7 cm³/mol. The molecular formula is C9H7ClN2O2. The van der Waals surface area contributed by atoms with Gasteiger partial charge in [-0.15, -0.1) is 0 Å². The molecule has 72 valence electrons. The molecule has 5 heteroatoms. The van der Waals surface area contributed by atoms with E-state index < -0.39 is 5.97 Å². The van der Waals surface area contributed by atoms with Crippen LogP contribution in [0.25, 0.3) is 11.0 Å². The van der Waals surface area contributed by atoms with E-state index in [1.807, 2.05) is 0 Å². The molecule has 0 amide bonds. The Morgan fingerprint density at radius 1 is 1.64 bits per heavy atom. The lowest BCUT2D eigenvalue weighted by atomic mass is 10.2. The number of pyridine rings is 1. The standard InChI is InChI=1S/C9H7ClN2O2/c1-12-7(10)6(9(13)14)5-3-2-4-11-8(5)12/h2-4H,1H3,(H,13,14). The first-order chi connectivity index (χ1) is 6.63. The Bertz CT molecular complexity index is 519. The first-order valence-corrected chi connectivity index (χ1v) is 4.33. The number of aromatic carboxylic acids is 1. The van der Waals surface area contributed by atoms with Crippen LogP contribution in [0.4, 0.5) is 0 Å². The maximum Gasteiger partial charge on any atom is 0.339 e. The summed E-state index contributed by atoms with van der Waals surface area (Å²) in [6.45, 7) is 0. The van der Waals surface area contributed by atoms with Gasteiger partial charge in [0.05, 0.1) is 0 Å². The minimum absolute atomic E-state index is 0.109. The van der Waals surface area contributed by atoms with Crippen LogP contribution in [0.1, 0.15) is 10.4 Å². The van der Waals surface area contributed by atoms with Gasteiger partial charge in [-0.3, -0.25) is 0 Å². The van der Waals surface area contributed by atoms with Crippen LogP contribution in [0.15, 0.2) is 18.3 Å². The molecule has 0 fully saturated rings. The molecule has 0 radical (unpaired) electrons. The molecule has 2 aromatic rings. The number of aryl methyl sites for hydroxylation is 1. The fraction of sp³-hybridized carbons (Fsp3) is 0.111. The lowest BCUT2D eigenvalue weighted by Crippen LogP contribution is -1.96. The van der Waals surface area contributed by atoms with Crippen molar-refractivity contribution in [1.29, 1.82) is 0 Å². The number of rotatable bonds is 1. The van der Waals surface area contributed by atoms with E-state index in [1.165, 1.54) is 0 Å². The molecule has 0 spiro atoms. The maximum atomic E-state index is 10.9. The van der Waals surface area contributed by atoms with Crippen molar-refractivity contribution in [3.8, 4) is 0 Å². The fourth-order valence-corrected chi connectivity index (χ4v) is 1.70. The van der Waals surface area contributed by atoms with E-state index in [0.717, 1.165) is 0 Å². The number of carboxylic acid groups (broad SMARTS) is 1. The van der Waals surface area contributed by atoms with Crippen molar-refractivity contribution in [2.24, 2.45) is 7.05 Å². The molecule has 0 aliphatic carbocycles. The maximum absolute atomic E-state index is 10.9. The lowest BCUT2D eigenvalue weighted by Gasteiger charge is -1.93. The van der Waals surface area contributed by atoms with Crippen LogP contribution < -0.4 is 0 Å². The van der Waals surface area contributed by atoms with E-state index in [9.17, 15) is 4.79 Å². The van der Waals surface area contributed by atoms with Gasteiger partial charge in [0.25, 0.3) is 0 Å². The summed E-state index contributed by atoms with van der Waals surface area (Å²) in [4.78, 5) is 15.0. The van der Waals surface area contributed by atoms with E-state index >= 15 is 0 Å². The third kappa shape index (κ3) is 1.08. The molecule has 2 rings (SSSR count). The quantitative estimate of drug-likeness (QED) is 0.783. The first-order valence-electron chi connectivity index (χ1n) is 3.95. The van der Waals surface area contributed by atoms with Crippen molar-refractivity contribution in [2.45, 2.75) is 0 Å². The van der Waals surface area contributed by atoms with E-state index in [0.29, 0.717) is 11.0 Å². The SMILES string of the molecule is Cn1c(Cl)c(C(=O)O)c2cccnc21. The second-order valence-corrected chi connectivity index (χ2v) is 3.26. The molecular weight excluding hydrogens is 204 g/mol. The van der Waals surface area contributed by atoms with Gasteiger partial charge < -0.3 is 9.67 Å². The zero-order valence-electron chi connectivity index (χ0n) is 7.36. The van der Waals surface area contributed by atoms with Crippen LogP contribution >= 0.6 is 11.6 Å². The van der Waals surface area contributed by atoms with Crippen molar-refractivity contribution >= 4 is 28.6 Å². The van der Waals surface area contributed by atoms with E-state index in [-0.39, 0.29) is 10.7 Å². The summed E-state index contributed by atoms with van der Waals surface area (Å²) >= 11 is 5.87. The number of hydrogen-bond acceptors (Lipinski definition) is 2. The predicted octanol–water partition coefficient (Wildman–Crippen LogP) is 1.92. The van der Waals surface area contributed by atoms with E-state index in [2.05, 4.69) is 4.98 Å². The van der Waals surface area contributed by atoms with Crippen molar-refractivity contribution in [3.63, 3.8) is 0 Å². The van der Waals surface area contributed by atoms with E-state index in [4.69, 9.17) is 16.7 Å². The highest BCUT2D eigenvalue weighted by molar-refractivity contribution is 6.34. The Morgan fingerprint density at radius 3 is 3.00 bits per heavy atom. The number of nitrogens with zero attached hydrogens (tertiary/aromatic N) is 2. The van der Waals surface area contributed by atoms with Crippen LogP contribution in [0.2, 0.25) is 5.15 Å². The molecule has 0 saturated carbocycles. The Kier molecular flexibility index (Phi) is 1.93. The molecule has 0 aromatic carbocycles. The van der Waals surface area contributed by atoms with Crippen LogP contribution in [0, 0.1) is 0 Å². The number of halogens is 1. The van der Waals surface area contributed by atoms with Crippen molar-refractivity contribution in [2.75, 3.05) is 0 Å². The molecule has 0 atom stereocenters. The topological polar surface area (TPSA) is 55.1 Å². The number of aromatic nitrogens is 2. The third-order valence-electron chi connectivity index (χ3n) is 2.09. The van der Waals surface area contributed by atoms with Gasteiger partial charge in [-0.05, 0) is 12.1 Å². The van der Waals surface area contributed by atoms with Crippen LogP contribution in [0.3, 0.4) is 0 Å². The number of carbonyl (C=O) groups is 1.